The van der Waals surface area contributed by atoms with E-state index in [1.54, 1.807) is 20.3 Å². The van der Waals surface area contributed by atoms with Crippen LogP contribution in [0.25, 0.3) is 0 Å². The first-order chi connectivity index (χ1) is 9.75. The quantitative estimate of drug-likeness (QED) is 0.830. The molecular formula is C14H16ClN3O2. The van der Waals surface area contributed by atoms with Crippen molar-refractivity contribution in [2.45, 2.75) is 12.4 Å². The van der Waals surface area contributed by atoms with Gasteiger partial charge in [-0.25, -0.2) is 0 Å². The third-order valence-electron chi connectivity index (χ3n) is 2.69. The van der Waals surface area contributed by atoms with Gasteiger partial charge in [0.2, 0.25) is 17.7 Å². The first kappa shape index (κ1) is 14.4. The maximum Gasteiger partial charge on any atom is 0.229 e. The van der Waals surface area contributed by atoms with E-state index < -0.39 is 0 Å². The molecule has 0 aliphatic carbocycles. The second-order valence-electron chi connectivity index (χ2n) is 4.08. The van der Waals surface area contributed by atoms with Gasteiger partial charge in [0.1, 0.15) is 0 Å². The normalized spacial score (nSPS) is 10.2. The Morgan fingerprint density at radius 2 is 1.70 bits per heavy atom. The van der Waals surface area contributed by atoms with Gasteiger partial charge in [-0.15, -0.1) is 11.6 Å². The molecule has 2 aromatic rings. The average Bonchev–Trinajstić information content (AvgIpc) is 2.52. The molecule has 0 aliphatic heterocycles. The third kappa shape index (κ3) is 3.74. The molecule has 5 nitrogen and oxygen atoms in total. The van der Waals surface area contributed by atoms with Gasteiger partial charge in [-0.05, 0) is 11.1 Å². The maximum atomic E-state index is 5.82. The summed E-state index contributed by atoms with van der Waals surface area (Å²) >= 11 is 5.82. The van der Waals surface area contributed by atoms with Crippen LogP contribution in [-0.2, 0) is 12.4 Å². The molecule has 6 heteroatoms. The monoisotopic (exact) mass is 293 g/mol. The molecule has 1 N–H and O–H groups in total. The smallest absolute Gasteiger partial charge is 0.229 e. The largest absolute Gasteiger partial charge is 0.481 e. The fraction of sp³-hybridized carbons (Fsp3) is 0.286. The van der Waals surface area contributed by atoms with Gasteiger partial charge in [0.25, 0.3) is 0 Å². The van der Waals surface area contributed by atoms with Gasteiger partial charge in [0.15, 0.2) is 0 Å². The SMILES string of the molecule is COc1cc(OC)nc(NCc2cccc(CCl)c2)n1. The van der Waals surface area contributed by atoms with Crippen LogP contribution in [0.4, 0.5) is 5.95 Å². The predicted molar refractivity (Wildman–Crippen MR) is 78.5 cm³/mol. The summed E-state index contributed by atoms with van der Waals surface area (Å²) in [6, 6.07) is 9.64. The van der Waals surface area contributed by atoms with Crippen LogP contribution in [0.3, 0.4) is 0 Å². The van der Waals surface area contributed by atoms with Crippen LogP contribution in [-0.4, -0.2) is 24.2 Å². The Labute approximate surface area is 122 Å². The third-order valence-corrected chi connectivity index (χ3v) is 3.00. The zero-order chi connectivity index (χ0) is 14.4. The van der Waals surface area contributed by atoms with Crippen molar-refractivity contribution in [3.63, 3.8) is 0 Å². The molecule has 0 saturated heterocycles. The molecule has 1 heterocycles. The van der Waals surface area contributed by atoms with Crippen LogP contribution >= 0.6 is 11.6 Å². The predicted octanol–water partition coefficient (Wildman–Crippen LogP) is 2.84. The number of anilines is 1. The molecule has 1 aromatic carbocycles. The van der Waals surface area contributed by atoms with Crippen LogP contribution in [0.5, 0.6) is 11.8 Å². The molecule has 0 bridgehead atoms. The van der Waals surface area contributed by atoms with Gasteiger partial charge < -0.3 is 14.8 Å². The summed E-state index contributed by atoms with van der Waals surface area (Å²) in [6.07, 6.45) is 0. The minimum Gasteiger partial charge on any atom is -0.481 e. The van der Waals surface area contributed by atoms with Gasteiger partial charge in [0, 0.05) is 12.4 Å². The molecule has 0 aliphatic rings. The average molecular weight is 294 g/mol. The highest BCUT2D eigenvalue weighted by atomic mass is 35.5. The standard InChI is InChI=1S/C14H16ClN3O2/c1-19-12-7-13(20-2)18-14(17-12)16-9-11-5-3-4-10(6-11)8-15/h3-7H,8-9H2,1-2H3,(H,16,17,18). The van der Waals surface area contributed by atoms with Crippen molar-refractivity contribution in [1.29, 1.82) is 0 Å². The molecule has 1 aromatic heterocycles. The summed E-state index contributed by atoms with van der Waals surface area (Å²) in [6.45, 7) is 0.598. The summed E-state index contributed by atoms with van der Waals surface area (Å²) < 4.78 is 10.2. The van der Waals surface area contributed by atoms with Crippen molar-refractivity contribution in [2.24, 2.45) is 0 Å². The molecular weight excluding hydrogens is 278 g/mol. The Morgan fingerprint density at radius 3 is 2.30 bits per heavy atom. The zero-order valence-electron chi connectivity index (χ0n) is 11.4. The van der Waals surface area contributed by atoms with E-state index in [-0.39, 0.29) is 0 Å². The van der Waals surface area contributed by atoms with Crippen molar-refractivity contribution < 1.29 is 9.47 Å². The first-order valence-electron chi connectivity index (χ1n) is 6.10. The summed E-state index contributed by atoms with van der Waals surface area (Å²) in [5, 5.41) is 3.14. The van der Waals surface area contributed by atoms with Crippen LogP contribution in [0.15, 0.2) is 30.3 Å². The molecule has 0 fully saturated rings. The lowest BCUT2D eigenvalue weighted by Gasteiger charge is -2.09. The lowest BCUT2D eigenvalue weighted by Crippen LogP contribution is -2.05. The van der Waals surface area contributed by atoms with E-state index in [2.05, 4.69) is 15.3 Å². The number of ether oxygens (including phenoxy) is 2. The van der Waals surface area contributed by atoms with E-state index >= 15 is 0 Å². The fourth-order valence-electron chi connectivity index (χ4n) is 1.70. The Balaban J connectivity index is 2.09. The highest BCUT2D eigenvalue weighted by Gasteiger charge is 2.05. The van der Waals surface area contributed by atoms with E-state index in [0.29, 0.717) is 30.1 Å². The topological polar surface area (TPSA) is 56.3 Å². The number of methoxy groups -OCH3 is 2. The number of nitrogens with one attached hydrogen (secondary N) is 1. The van der Waals surface area contributed by atoms with Crippen molar-refractivity contribution in [2.75, 3.05) is 19.5 Å². The van der Waals surface area contributed by atoms with Gasteiger partial charge in [-0.3, -0.25) is 0 Å². The number of aromatic nitrogens is 2. The van der Waals surface area contributed by atoms with E-state index in [9.17, 15) is 0 Å². The Bertz CT molecular complexity index is 556. The molecule has 20 heavy (non-hydrogen) atoms. The second kappa shape index (κ2) is 6.96. The molecule has 0 unspecified atom stereocenters. The molecule has 0 amide bonds. The lowest BCUT2D eigenvalue weighted by molar-refractivity contribution is 0.373. The molecule has 2 rings (SSSR count). The van der Waals surface area contributed by atoms with Crippen molar-refractivity contribution >= 4 is 17.5 Å². The number of nitrogens with zero attached hydrogens (tertiary/aromatic N) is 2. The minimum absolute atomic E-state index is 0.453. The summed E-state index contributed by atoms with van der Waals surface area (Å²) in [5.74, 6) is 1.86. The van der Waals surface area contributed by atoms with Gasteiger partial charge >= 0.3 is 0 Å². The molecule has 106 valence electrons. The van der Waals surface area contributed by atoms with Crippen LogP contribution < -0.4 is 14.8 Å². The van der Waals surface area contributed by atoms with Crippen LogP contribution in [0.1, 0.15) is 11.1 Å². The Morgan fingerprint density at radius 1 is 1.05 bits per heavy atom. The minimum atomic E-state index is 0.453. The molecule has 0 atom stereocenters. The number of rotatable bonds is 6. The van der Waals surface area contributed by atoms with E-state index in [0.717, 1.165) is 11.1 Å². The lowest BCUT2D eigenvalue weighted by atomic mass is 10.1. The Kier molecular flexibility index (Phi) is 5.01. The number of alkyl halides is 1. The van der Waals surface area contributed by atoms with Crippen LogP contribution in [0.2, 0.25) is 0 Å². The molecule has 0 spiro atoms. The first-order valence-corrected chi connectivity index (χ1v) is 6.63. The zero-order valence-corrected chi connectivity index (χ0v) is 12.1. The van der Waals surface area contributed by atoms with Gasteiger partial charge in [0.05, 0.1) is 20.3 Å². The van der Waals surface area contributed by atoms with Crippen LogP contribution in [0, 0.1) is 0 Å². The number of hydrogen-bond acceptors (Lipinski definition) is 5. The second-order valence-corrected chi connectivity index (χ2v) is 4.35. The summed E-state index contributed by atoms with van der Waals surface area (Å²) in [5.41, 5.74) is 2.18. The number of benzene rings is 1. The van der Waals surface area contributed by atoms with E-state index in [1.165, 1.54) is 0 Å². The van der Waals surface area contributed by atoms with Gasteiger partial charge in [-0.2, -0.15) is 9.97 Å². The number of halogens is 1. The highest BCUT2D eigenvalue weighted by molar-refractivity contribution is 6.17. The highest BCUT2D eigenvalue weighted by Crippen LogP contribution is 2.18. The van der Waals surface area contributed by atoms with Gasteiger partial charge in [-0.1, -0.05) is 24.3 Å². The Hall–Kier alpha value is -2.01. The summed E-state index contributed by atoms with van der Waals surface area (Å²) in [7, 11) is 3.10. The van der Waals surface area contributed by atoms with Crippen molar-refractivity contribution in [3.05, 3.63) is 41.5 Å². The molecule has 0 saturated carbocycles. The fourth-order valence-corrected chi connectivity index (χ4v) is 1.86. The van der Waals surface area contributed by atoms with E-state index in [1.807, 2.05) is 24.3 Å². The van der Waals surface area contributed by atoms with E-state index in [4.69, 9.17) is 21.1 Å². The number of hydrogen-bond donors (Lipinski definition) is 1. The summed E-state index contributed by atoms with van der Waals surface area (Å²) in [4.78, 5) is 8.41. The van der Waals surface area contributed by atoms with Crippen molar-refractivity contribution in [3.8, 4) is 11.8 Å². The molecule has 0 radical (unpaired) electrons. The maximum absolute atomic E-state index is 5.82. The van der Waals surface area contributed by atoms with Crippen molar-refractivity contribution in [1.82, 2.24) is 9.97 Å².